The lowest BCUT2D eigenvalue weighted by Crippen LogP contribution is -2.32. The van der Waals surface area contributed by atoms with Gasteiger partial charge in [0.05, 0.1) is 0 Å². The zero-order valence-corrected chi connectivity index (χ0v) is 13.5. The normalized spacial score (nSPS) is 10.6. The first kappa shape index (κ1) is 17.0. The molecule has 0 spiro atoms. The van der Waals surface area contributed by atoms with Crippen molar-refractivity contribution in [3.63, 3.8) is 0 Å². The highest BCUT2D eigenvalue weighted by Crippen LogP contribution is 2.11. The average Bonchev–Trinajstić information content (AvgIpc) is 2.49. The van der Waals surface area contributed by atoms with Gasteiger partial charge >= 0.3 is 0 Å². The van der Waals surface area contributed by atoms with E-state index < -0.39 is 0 Å². The van der Waals surface area contributed by atoms with Crippen molar-refractivity contribution in [3.05, 3.63) is 35.4 Å². The van der Waals surface area contributed by atoms with Crippen molar-refractivity contribution in [3.8, 4) is 0 Å². The lowest BCUT2D eigenvalue weighted by atomic mass is 10.1. The molecule has 0 N–H and O–H groups in total. The first-order valence-electron chi connectivity index (χ1n) is 7.62. The van der Waals surface area contributed by atoms with Crippen molar-refractivity contribution < 1.29 is 4.79 Å². The summed E-state index contributed by atoms with van der Waals surface area (Å²) in [6.45, 7) is 5.79. The molecule has 3 heteroatoms. The van der Waals surface area contributed by atoms with E-state index in [4.69, 9.17) is 11.6 Å². The van der Waals surface area contributed by atoms with Gasteiger partial charge in [0, 0.05) is 13.1 Å². The topological polar surface area (TPSA) is 20.3 Å². The molecule has 0 aliphatic carbocycles. The van der Waals surface area contributed by atoms with Gasteiger partial charge < -0.3 is 4.90 Å². The quantitative estimate of drug-likeness (QED) is 0.619. The van der Waals surface area contributed by atoms with Gasteiger partial charge in [-0.3, -0.25) is 4.79 Å². The predicted octanol–water partition coefficient (Wildman–Crippen LogP) is 4.40. The minimum absolute atomic E-state index is 0.0233. The highest BCUT2D eigenvalue weighted by molar-refractivity contribution is 6.27. The number of nitrogens with zero attached hydrogens (tertiary/aromatic N) is 1. The average molecular weight is 296 g/mol. The molecule has 1 amide bonds. The van der Waals surface area contributed by atoms with Crippen LogP contribution < -0.4 is 0 Å². The standard InChI is InChI=1S/C17H26ClNO/c1-3-5-7-15-8-10-16(11-9-15)14-19(12-6-4-2)17(20)13-18/h8-11H,3-7,12-14H2,1-2H3. The van der Waals surface area contributed by atoms with Crippen LogP contribution >= 0.6 is 11.6 Å². The summed E-state index contributed by atoms with van der Waals surface area (Å²) >= 11 is 5.68. The number of carbonyl (C=O) groups is 1. The molecule has 0 aliphatic heterocycles. The highest BCUT2D eigenvalue weighted by Gasteiger charge is 2.12. The Labute approximate surface area is 128 Å². The van der Waals surface area contributed by atoms with Crippen molar-refractivity contribution in [2.75, 3.05) is 12.4 Å². The number of rotatable bonds is 9. The SMILES string of the molecule is CCCCc1ccc(CN(CCCC)C(=O)CCl)cc1. The van der Waals surface area contributed by atoms with Crippen molar-refractivity contribution in [1.82, 2.24) is 4.90 Å². The maximum Gasteiger partial charge on any atom is 0.237 e. The number of hydrogen-bond donors (Lipinski definition) is 0. The first-order chi connectivity index (χ1) is 9.71. The molecular formula is C17H26ClNO. The maximum atomic E-state index is 11.8. The number of hydrogen-bond acceptors (Lipinski definition) is 1. The Morgan fingerprint density at radius 3 is 2.20 bits per heavy atom. The summed E-state index contributed by atoms with van der Waals surface area (Å²) in [6.07, 6.45) is 5.69. The number of amides is 1. The van der Waals surface area contributed by atoms with Crippen molar-refractivity contribution in [2.24, 2.45) is 0 Å². The Bertz CT molecular complexity index is 388. The van der Waals surface area contributed by atoms with Crippen LogP contribution in [0.1, 0.15) is 50.7 Å². The second kappa shape index (κ2) is 9.82. The van der Waals surface area contributed by atoms with Crippen LogP contribution in [0.25, 0.3) is 0 Å². The summed E-state index contributed by atoms with van der Waals surface area (Å²) in [4.78, 5) is 13.7. The molecule has 2 nitrogen and oxygen atoms in total. The van der Waals surface area contributed by atoms with Crippen LogP contribution in [0.3, 0.4) is 0 Å². The molecule has 1 rings (SSSR count). The Kier molecular flexibility index (Phi) is 8.36. The van der Waals surface area contributed by atoms with Crippen LogP contribution in [0.5, 0.6) is 0 Å². The molecule has 0 atom stereocenters. The highest BCUT2D eigenvalue weighted by atomic mass is 35.5. The third kappa shape index (κ3) is 5.96. The van der Waals surface area contributed by atoms with E-state index in [0.29, 0.717) is 6.54 Å². The number of aryl methyl sites for hydroxylation is 1. The molecular weight excluding hydrogens is 270 g/mol. The lowest BCUT2D eigenvalue weighted by Gasteiger charge is -2.21. The fourth-order valence-electron chi connectivity index (χ4n) is 2.14. The van der Waals surface area contributed by atoms with Gasteiger partial charge in [-0.1, -0.05) is 51.0 Å². The molecule has 0 saturated heterocycles. The van der Waals surface area contributed by atoms with Crippen LogP contribution in [0.2, 0.25) is 0 Å². The summed E-state index contributed by atoms with van der Waals surface area (Å²) in [5, 5.41) is 0. The van der Waals surface area contributed by atoms with Crippen LogP contribution in [0, 0.1) is 0 Å². The van der Waals surface area contributed by atoms with E-state index >= 15 is 0 Å². The molecule has 1 aromatic carbocycles. The van der Waals surface area contributed by atoms with Gasteiger partial charge in [0.15, 0.2) is 0 Å². The van der Waals surface area contributed by atoms with Crippen LogP contribution in [0.4, 0.5) is 0 Å². The van der Waals surface area contributed by atoms with Crippen LogP contribution in [-0.4, -0.2) is 23.2 Å². The number of alkyl halides is 1. The van der Waals surface area contributed by atoms with Gasteiger partial charge in [0.25, 0.3) is 0 Å². The Hall–Kier alpha value is -1.02. The molecule has 0 aromatic heterocycles. The Morgan fingerprint density at radius 2 is 1.65 bits per heavy atom. The van der Waals surface area contributed by atoms with E-state index in [9.17, 15) is 4.79 Å². The molecule has 0 unspecified atom stereocenters. The zero-order valence-electron chi connectivity index (χ0n) is 12.7. The van der Waals surface area contributed by atoms with Gasteiger partial charge in [0.2, 0.25) is 5.91 Å². The van der Waals surface area contributed by atoms with Gasteiger partial charge in [0.1, 0.15) is 5.88 Å². The van der Waals surface area contributed by atoms with E-state index in [1.54, 1.807) is 0 Å². The number of unbranched alkanes of at least 4 members (excludes halogenated alkanes) is 2. The Balaban J connectivity index is 2.60. The minimum atomic E-state index is 0.0233. The molecule has 0 fully saturated rings. The van der Waals surface area contributed by atoms with Crippen LogP contribution in [0.15, 0.2) is 24.3 Å². The van der Waals surface area contributed by atoms with Gasteiger partial charge in [-0.05, 0) is 30.4 Å². The maximum absolute atomic E-state index is 11.8. The van der Waals surface area contributed by atoms with Gasteiger partial charge in [-0.15, -0.1) is 11.6 Å². The monoisotopic (exact) mass is 295 g/mol. The molecule has 112 valence electrons. The van der Waals surface area contributed by atoms with Crippen molar-refractivity contribution >= 4 is 17.5 Å². The molecule has 0 aliphatic rings. The summed E-state index contributed by atoms with van der Waals surface area (Å²) < 4.78 is 0. The summed E-state index contributed by atoms with van der Waals surface area (Å²) in [7, 11) is 0. The van der Waals surface area contributed by atoms with Crippen LogP contribution in [-0.2, 0) is 17.8 Å². The summed E-state index contributed by atoms with van der Waals surface area (Å²) in [5.74, 6) is 0.0911. The second-order valence-corrected chi connectivity index (χ2v) is 5.49. The minimum Gasteiger partial charge on any atom is -0.337 e. The fraction of sp³-hybridized carbons (Fsp3) is 0.588. The van der Waals surface area contributed by atoms with Gasteiger partial charge in [-0.2, -0.15) is 0 Å². The van der Waals surface area contributed by atoms with E-state index in [2.05, 4.69) is 38.1 Å². The van der Waals surface area contributed by atoms with Gasteiger partial charge in [-0.25, -0.2) is 0 Å². The largest absolute Gasteiger partial charge is 0.337 e. The smallest absolute Gasteiger partial charge is 0.237 e. The number of halogens is 1. The van der Waals surface area contributed by atoms with E-state index in [0.717, 1.165) is 25.8 Å². The molecule has 0 radical (unpaired) electrons. The molecule has 0 heterocycles. The first-order valence-corrected chi connectivity index (χ1v) is 8.16. The van der Waals surface area contributed by atoms with Crippen molar-refractivity contribution in [2.45, 2.75) is 52.5 Å². The Morgan fingerprint density at radius 1 is 1.05 bits per heavy atom. The lowest BCUT2D eigenvalue weighted by molar-refractivity contribution is -0.129. The van der Waals surface area contributed by atoms with E-state index in [1.807, 2.05) is 4.90 Å². The zero-order chi connectivity index (χ0) is 14.8. The summed E-state index contributed by atoms with van der Waals surface area (Å²) in [5.41, 5.74) is 2.55. The second-order valence-electron chi connectivity index (χ2n) is 5.22. The predicted molar refractivity (Wildman–Crippen MR) is 86.1 cm³/mol. The van der Waals surface area contributed by atoms with E-state index in [-0.39, 0.29) is 11.8 Å². The number of benzene rings is 1. The summed E-state index contributed by atoms with van der Waals surface area (Å²) in [6, 6.07) is 8.61. The molecule has 0 bridgehead atoms. The molecule has 20 heavy (non-hydrogen) atoms. The number of carbonyl (C=O) groups excluding carboxylic acids is 1. The van der Waals surface area contributed by atoms with E-state index in [1.165, 1.54) is 24.0 Å². The third-order valence-corrected chi connectivity index (χ3v) is 3.69. The van der Waals surface area contributed by atoms with Crippen molar-refractivity contribution in [1.29, 1.82) is 0 Å². The third-order valence-electron chi connectivity index (χ3n) is 3.46. The molecule has 0 saturated carbocycles. The fourth-order valence-corrected chi connectivity index (χ4v) is 2.31. The molecule has 1 aromatic rings.